The van der Waals surface area contributed by atoms with E-state index in [1.54, 1.807) is 0 Å². The smallest absolute Gasteiger partial charge is 0.135 e. The van der Waals surface area contributed by atoms with Crippen LogP contribution in [0.25, 0.3) is 0 Å². The highest BCUT2D eigenvalue weighted by Gasteiger charge is 2.28. The number of nitrogens with two attached hydrogens (primary N) is 1. The Kier molecular flexibility index (Phi) is 6.17. The van der Waals surface area contributed by atoms with Gasteiger partial charge in [-0.1, -0.05) is 0 Å². The lowest BCUT2D eigenvalue weighted by atomic mass is 10.2. The van der Waals surface area contributed by atoms with Crippen LogP contribution in [0.3, 0.4) is 0 Å². The third-order valence-corrected chi connectivity index (χ3v) is 1.93. The number of aliphatic hydroxyl groups excluding tert-OH is 4. The molecule has 0 rings (SSSR count). The first-order valence-electron chi connectivity index (χ1n) is 4.60. The lowest BCUT2D eigenvalue weighted by Gasteiger charge is -2.34. The van der Waals surface area contributed by atoms with Crippen molar-refractivity contribution in [3.8, 4) is 0 Å². The molecular weight excluding hydrogens is 188 g/mol. The molecule has 0 aromatic carbocycles. The molecule has 4 atom stereocenters. The molecule has 0 spiro atoms. The highest BCUT2D eigenvalue weighted by Crippen LogP contribution is 2.08. The standard InChI is InChI=1S/C8H20N2O4/c1-5(11)7(13)10(4-3-9)8(14)6(2)12/h5-8,11-14H,3-4,9H2,1-2H3. The molecule has 0 bridgehead atoms. The van der Waals surface area contributed by atoms with Gasteiger partial charge in [-0.05, 0) is 13.8 Å². The van der Waals surface area contributed by atoms with Crippen LogP contribution in [0.15, 0.2) is 0 Å². The third kappa shape index (κ3) is 3.87. The molecule has 0 fully saturated rings. The van der Waals surface area contributed by atoms with E-state index in [2.05, 4.69) is 0 Å². The van der Waals surface area contributed by atoms with Crippen LogP contribution < -0.4 is 5.73 Å². The maximum atomic E-state index is 9.49. The van der Waals surface area contributed by atoms with Gasteiger partial charge in [0.2, 0.25) is 0 Å². The summed E-state index contributed by atoms with van der Waals surface area (Å²) in [6.45, 7) is 3.19. The third-order valence-electron chi connectivity index (χ3n) is 1.93. The number of aliphatic hydroxyl groups is 4. The number of rotatable bonds is 6. The van der Waals surface area contributed by atoms with Crippen LogP contribution in [0.4, 0.5) is 0 Å². The van der Waals surface area contributed by atoms with Crippen LogP contribution in [-0.2, 0) is 0 Å². The number of nitrogens with zero attached hydrogens (tertiary/aromatic N) is 1. The summed E-state index contributed by atoms with van der Waals surface area (Å²) in [6.07, 6.45) is -4.50. The van der Waals surface area contributed by atoms with Crippen molar-refractivity contribution in [1.29, 1.82) is 0 Å². The Hall–Kier alpha value is -0.240. The van der Waals surface area contributed by atoms with E-state index in [-0.39, 0.29) is 13.1 Å². The van der Waals surface area contributed by atoms with Gasteiger partial charge in [0.25, 0.3) is 0 Å². The van der Waals surface area contributed by atoms with Crippen LogP contribution >= 0.6 is 0 Å². The fourth-order valence-corrected chi connectivity index (χ4v) is 1.12. The molecule has 0 aliphatic rings. The quantitative estimate of drug-likeness (QED) is 0.312. The van der Waals surface area contributed by atoms with Gasteiger partial charge >= 0.3 is 0 Å². The molecule has 0 aromatic rings. The van der Waals surface area contributed by atoms with E-state index in [9.17, 15) is 10.2 Å². The zero-order valence-corrected chi connectivity index (χ0v) is 8.54. The maximum Gasteiger partial charge on any atom is 0.135 e. The molecule has 86 valence electrons. The van der Waals surface area contributed by atoms with Gasteiger partial charge in [0, 0.05) is 13.1 Å². The Bertz CT molecular complexity index is 140. The molecule has 0 aliphatic carbocycles. The lowest BCUT2D eigenvalue weighted by molar-refractivity contribution is -0.170. The molecule has 0 heterocycles. The number of hydrogen-bond donors (Lipinski definition) is 5. The Morgan fingerprint density at radius 1 is 1.00 bits per heavy atom. The molecule has 0 aliphatic heterocycles. The molecule has 0 saturated carbocycles. The topological polar surface area (TPSA) is 110 Å². The van der Waals surface area contributed by atoms with Crippen LogP contribution in [0.5, 0.6) is 0 Å². The molecule has 0 amide bonds. The monoisotopic (exact) mass is 208 g/mol. The predicted octanol–water partition coefficient (Wildman–Crippen LogP) is -2.35. The Morgan fingerprint density at radius 3 is 1.57 bits per heavy atom. The van der Waals surface area contributed by atoms with Crippen LogP contribution in [-0.4, -0.2) is 63.1 Å². The number of hydrogen-bond acceptors (Lipinski definition) is 6. The molecule has 0 radical (unpaired) electrons. The SMILES string of the molecule is CC(O)C(O)N(CCN)C(O)C(C)O. The van der Waals surface area contributed by atoms with Gasteiger partial charge in [-0.2, -0.15) is 0 Å². The van der Waals surface area contributed by atoms with Crippen molar-refractivity contribution in [2.75, 3.05) is 13.1 Å². The molecular formula is C8H20N2O4. The van der Waals surface area contributed by atoms with Crippen LogP contribution in [0, 0.1) is 0 Å². The normalized spacial score (nSPS) is 20.6. The van der Waals surface area contributed by atoms with Gasteiger partial charge in [-0.3, -0.25) is 0 Å². The van der Waals surface area contributed by atoms with E-state index in [0.29, 0.717) is 0 Å². The fraction of sp³-hybridized carbons (Fsp3) is 1.00. The summed E-state index contributed by atoms with van der Waals surface area (Å²) in [5, 5.41) is 37.2. The molecule has 6 N–H and O–H groups in total. The summed E-state index contributed by atoms with van der Waals surface area (Å²) in [6, 6.07) is 0. The maximum absolute atomic E-state index is 9.49. The highest BCUT2D eigenvalue weighted by atomic mass is 16.4. The average molecular weight is 208 g/mol. The minimum absolute atomic E-state index is 0.193. The van der Waals surface area contributed by atoms with E-state index < -0.39 is 24.7 Å². The molecule has 6 heteroatoms. The van der Waals surface area contributed by atoms with Crippen molar-refractivity contribution in [2.24, 2.45) is 5.73 Å². The molecule has 4 unspecified atom stereocenters. The van der Waals surface area contributed by atoms with E-state index in [1.165, 1.54) is 13.8 Å². The summed E-state index contributed by atoms with van der Waals surface area (Å²) in [5.74, 6) is 0. The van der Waals surface area contributed by atoms with Crippen LogP contribution in [0.2, 0.25) is 0 Å². The summed E-state index contributed by atoms with van der Waals surface area (Å²) in [7, 11) is 0. The van der Waals surface area contributed by atoms with Gasteiger partial charge in [0.05, 0.1) is 12.2 Å². The van der Waals surface area contributed by atoms with Crippen LogP contribution in [0.1, 0.15) is 13.8 Å². The zero-order valence-electron chi connectivity index (χ0n) is 8.54. The lowest BCUT2D eigenvalue weighted by Crippen LogP contribution is -2.53. The Balaban J connectivity index is 4.41. The van der Waals surface area contributed by atoms with E-state index in [1.807, 2.05) is 0 Å². The first-order valence-corrected chi connectivity index (χ1v) is 4.60. The Labute approximate surface area is 83.6 Å². The molecule has 0 aromatic heterocycles. The fourth-order valence-electron chi connectivity index (χ4n) is 1.12. The first-order chi connectivity index (χ1) is 6.41. The Morgan fingerprint density at radius 2 is 1.36 bits per heavy atom. The second-order valence-corrected chi connectivity index (χ2v) is 3.33. The van der Waals surface area contributed by atoms with Crippen molar-refractivity contribution in [3.05, 3.63) is 0 Å². The van der Waals surface area contributed by atoms with Gasteiger partial charge in [-0.15, -0.1) is 0 Å². The summed E-state index contributed by atoms with van der Waals surface area (Å²) in [5.41, 5.74) is 5.28. The van der Waals surface area contributed by atoms with Gasteiger partial charge in [-0.25, -0.2) is 4.90 Å². The summed E-state index contributed by atoms with van der Waals surface area (Å²) >= 11 is 0. The predicted molar refractivity (Wildman–Crippen MR) is 51.1 cm³/mol. The van der Waals surface area contributed by atoms with Crippen molar-refractivity contribution >= 4 is 0 Å². The van der Waals surface area contributed by atoms with Crippen molar-refractivity contribution in [2.45, 2.75) is 38.5 Å². The first kappa shape index (κ1) is 13.8. The van der Waals surface area contributed by atoms with E-state index >= 15 is 0 Å². The molecule has 6 nitrogen and oxygen atoms in total. The van der Waals surface area contributed by atoms with Gasteiger partial charge < -0.3 is 26.2 Å². The molecule has 0 saturated heterocycles. The minimum Gasteiger partial charge on any atom is -0.389 e. The second kappa shape index (κ2) is 6.28. The summed E-state index contributed by atoms with van der Waals surface area (Å²) < 4.78 is 0. The van der Waals surface area contributed by atoms with Crippen molar-refractivity contribution < 1.29 is 20.4 Å². The zero-order chi connectivity index (χ0) is 11.3. The molecule has 14 heavy (non-hydrogen) atoms. The average Bonchev–Trinajstić information content (AvgIpc) is 2.11. The second-order valence-electron chi connectivity index (χ2n) is 3.33. The van der Waals surface area contributed by atoms with E-state index in [4.69, 9.17) is 15.9 Å². The van der Waals surface area contributed by atoms with Crippen molar-refractivity contribution in [1.82, 2.24) is 4.90 Å². The minimum atomic E-state index is -1.23. The largest absolute Gasteiger partial charge is 0.389 e. The van der Waals surface area contributed by atoms with Crippen molar-refractivity contribution in [3.63, 3.8) is 0 Å². The highest BCUT2D eigenvalue weighted by molar-refractivity contribution is 4.72. The van der Waals surface area contributed by atoms with E-state index in [0.717, 1.165) is 4.90 Å². The summed E-state index contributed by atoms with van der Waals surface area (Å²) in [4.78, 5) is 1.15. The van der Waals surface area contributed by atoms with Gasteiger partial charge in [0.1, 0.15) is 12.5 Å². The van der Waals surface area contributed by atoms with Gasteiger partial charge in [0.15, 0.2) is 0 Å².